The van der Waals surface area contributed by atoms with Gasteiger partial charge < -0.3 is 14.5 Å². The van der Waals surface area contributed by atoms with Crippen LogP contribution < -0.4 is 4.74 Å². The normalized spacial score (nSPS) is 13.3. The van der Waals surface area contributed by atoms with Crippen LogP contribution in [0.2, 0.25) is 0 Å². The number of carbonyl (C=O) groups is 2. The van der Waals surface area contributed by atoms with Gasteiger partial charge in [-0.05, 0) is 48.1 Å². The van der Waals surface area contributed by atoms with Gasteiger partial charge in [0.2, 0.25) is 0 Å². The highest BCUT2D eigenvalue weighted by molar-refractivity contribution is 5.95. The van der Waals surface area contributed by atoms with E-state index in [0.29, 0.717) is 29.8 Å². The lowest BCUT2D eigenvalue weighted by atomic mass is 10.0. The summed E-state index contributed by atoms with van der Waals surface area (Å²) in [6.07, 6.45) is 2.09. The van der Waals surface area contributed by atoms with Gasteiger partial charge in [-0.2, -0.15) is 0 Å². The lowest BCUT2D eigenvalue weighted by Crippen LogP contribution is -2.32. The maximum absolute atomic E-state index is 13.2. The highest BCUT2D eigenvalue weighted by atomic mass is 16.5. The predicted molar refractivity (Wildman–Crippen MR) is 114 cm³/mol. The molecule has 3 rings (SSSR count). The van der Waals surface area contributed by atoms with Crippen LogP contribution in [0.15, 0.2) is 48.5 Å². The van der Waals surface area contributed by atoms with Crippen LogP contribution in [0.3, 0.4) is 0 Å². The van der Waals surface area contributed by atoms with E-state index in [1.807, 2.05) is 4.90 Å². The van der Waals surface area contributed by atoms with E-state index in [2.05, 4.69) is 38.1 Å². The highest BCUT2D eigenvalue weighted by Crippen LogP contribution is 2.30. The maximum Gasteiger partial charge on any atom is 0.259 e. The molecule has 1 aliphatic rings. The minimum absolute atomic E-state index is 0.00447. The molecule has 0 unspecified atom stereocenters. The second-order valence-electron chi connectivity index (χ2n) is 8.17. The fraction of sp³-hybridized carbons (Fsp3) is 0.417. The lowest BCUT2D eigenvalue weighted by molar-refractivity contribution is -0.130. The van der Waals surface area contributed by atoms with Gasteiger partial charge in [0.15, 0.2) is 6.61 Å². The van der Waals surface area contributed by atoms with E-state index >= 15 is 0 Å². The summed E-state index contributed by atoms with van der Waals surface area (Å²) in [6.45, 7) is 4.91. The van der Waals surface area contributed by atoms with Crippen LogP contribution in [0.25, 0.3) is 0 Å². The second kappa shape index (κ2) is 9.12. The van der Waals surface area contributed by atoms with E-state index in [-0.39, 0.29) is 18.4 Å². The molecule has 0 atom stereocenters. The minimum atomic E-state index is -0.119. The fourth-order valence-corrected chi connectivity index (χ4v) is 3.12. The third-order valence-corrected chi connectivity index (χ3v) is 5.19. The molecule has 0 N–H and O–H groups in total. The molecule has 0 spiro atoms. The number of ether oxygens (including phenoxy) is 1. The van der Waals surface area contributed by atoms with Crippen molar-refractivity contribution in [3.8, 4) is 5.75 Å². The van der Waals surface area contributed by atoms with Gasteiger partial charge in [0.25, 0.3) is 11.8 Å². The van der Waals surface area contributed by atoms with E-state index < -0.39 is 0 Å². The molecule has 0 aliphatic heterocycles. The average molecular weight is 395 g/mol. The Morgan fingerprint density at radius 2 is 1.76 bits per heavy atom. The van der Waals surface area contributed by atoms with Crippen LogP contribution in [0.4, 0.5) is 0 Å². The average Bonchev–Trinajstić information content (AvgIpc) is 3.55. The van der Waals surface area contributed by atoms with E-state index in [0.717, 1.165) is 18.4 Å². The van der Waals surface area contributed by atoms with Gasteiger partial charge in [-0.25, -0.2) is 0 Å². The second-order valence-corrected chi connectivity index (χ2v) is 8.17. The Bertz CT molecular complexity index is 855. The fourth-order valence-electron chi connectivity index (χ4n) is 3.12. The number of nitrogens with zero attached hydrogens (tertiary/aromatic N) is 2. The van der Waals surface area contributed by atoms with Gasteiger partial charge in [0, 0.05) is 32.2 Å². The maximum atomic E-state index is 13.2. The van der Waals surface area contributed by atoms with Crippen LogP contribution in [0.1, 0.15) is 54.1 Å². The lowest BCUT2D eigenvalue weighted by Gasteiger charge is -2.23. The van der Waals surface area contributed by atoms with Crippen molar-refractivity contribution in [3.05, 3.63) is 65.2 Å². The molecule has 29 heavy (non-hydrogen) atoms. The van der Waals surface area contributed by atoms with Crippen LogP contribution in [0.5, 0.6) is 5.75 Å². The molecule has 0 saturated heterocycles. The molecule has 2 amide bonds. The Morgan fingerprint density at radius 1 is 1.07 bits per heavy atom. The van der Waals surface area contributed by atoms with Gasteiger partial charge >= 0.3 is 0 Å². The summed E-state index contributed by atoms with van der Waals surface area (Å²) in [4.78, 5) is 28.4. The third kappa shape index (κ3) is 5.59. The zero-order chi connectivity index (χ0) is 21.0. The number of hydrogen-bond donors (Lipinski definition) is 0. The summed E-state index contributed by atoms with van der Waals surface area (Å²) in [6, 6.07) is 15.9. The van der Waals surface area contributed by atoms with Crippen molar-refractivity contribution < 1.29 is 14.3 Å². The monoisotopic (exact) mass is 394 g/mol. The summed E-state index contributed by atoms with van der Waals surface area (Å²) >= 11 is 0. The van der Waals surface area contributed by atoms with Crippen molar-refractivity contribution in [2.45, 2.75) is 45.2 Å². The van der Waals surface area contributed by atoms with Gasteiger partial charge in [-0.1, -0.05) is 44.2 Å². The first-order valence-electron chi connectivity index (χ1n) is 10.2. The number of benzene rings is 2. The van der Waals surface area contributed by atoms with Gasteiger partial charge in [0.05, 0.1) is 0 Å². The van der Waals surface area contributed by atoms with Crippen LogP contribution in [0, 0.1) is 0 Å². The van der Waals surface area contributed by atoms with Crippen LogP contribution >= 0.6 is 0 Å². The molecular formula is C24H30N2O3. The zero-order valence-corrected chi connectivity index (χ0v) is 17.7. The molecule has 0 bridgehead atoms. The molecule has 5 heteroatoms. The van der Waals surface area contributed by atoms with Crippen molar-refractivity contribution in [1.29, 1.82) is 0 Å². The molecule has 1 saturated carbocycles. The molecule has 0 heterocycles. The van der Waals surface area contributed by atoms with Gasteiger partial charge in [0.1, 0.15) is 5.75 Å². The summed E-state index contributed by atoms with van der Waals surface area (Å²) in [7, 11) is 3.37. The Morgan fingerprint density at radius 3 is 2.34 bits per heavy atom. The summed E-state index contributed by atoms with van der Waals surface area (Å²) < 4.78 is 5.57. The van der Waals surface area contributed by atoms with Gasteiger partial charge in [-0.15, -0.1) is 0 Å². The summed E-state index contributed by atoms with van der Waals surface area (Å²) in [5.74, 6) is 0.909. The molecule has 5 nitrogen and oxygen atoms in total. The summed E-state index contributed by atoms with van der Waals surface area (Å²) in [5.41, 5.74) is 3.03. The highest BCUT2D eigenvalue weighted by Gasteiger charge is 2.33. The van der Waals surface area contributed by atoms with E-state index in [1.54, 1.807) is 38.4 Å². The zero-order valence-electron chi connectivity index (χ0n) is 17.7. The SMILES string of the molecule is CC(C)c1ccc(CN(C(=O)c2cccc(OCC(=O)N(C)C)c2)C2CC2)cc1. The number of hydrogen-bond acceptors (Lipinski definition) is 3. The Hall–Kier alpha value is -2.82. The van der Waals surface area contributed by atoms with E-state index in [4.69, 9.17) is 4.74 Å². The van der Waals surface area contributed by atoms with Crippen molar-refractivity contribution in [2.75, 3.05) is 20.7 Å². The Balaban J connectivity index is 1.71. The molecule has 0 radical (unpaired) electrons. The molecule has 154 valence electrons. The largest absolute Gasteiger partial charge is 0.484 e. The van der Waals surface area contributed by atoms with Gasteiger partial charge in [-0.3, -0.25) is 9.59 Å². The van der Waals surface area contributed by atoms with E-state index in [1.165, 1.54) is 10.5 Å². The van der Waals surface area contributed by atoms with Crippen LogP contribution in [-0.4, -0.2) is 48.4 Å². The molecule has 0 aromatic heterocycles. The molecule has 2 aromatic carbocycles. The van der Waals surface area contributed by atoms with Crippen molar-refractivity contribution in [1.82, 2.24) is 9.80 Å². The first-order valence-corrected chi connectivity index (χ1v) is 10.2. The Kier molecular flexibility index (Phi) is 6.57. The number of amides is 2. The summed E-state index contributed by atoms with van der Waals surface area (Å²) in [5, 5.41) is 0. The molecule has 1 fully saturated rings. The van der Waals surface area contributed by atoms with Crippen molar-refractivity contribution >= 4 is 11.8 Å². The quantitative estimate of drug-likeness (QED) is 0.678. The van der Waals surface area contributed by atoms with Crippen molar-refractivity contribution in [3.63, 3.8) is 0 Å². The third-order valence-electron chi connectivity index (χ3n) is 5.19. The first kappa shape index (κ1) is 20.9. The number of carbonyl (C=O) groups excluding carboxylic acids is 2. The molecule has 2 aromatic rings. The predicted octanol–water partition coefficient (Wildman–Crippen LogP) is 4.08. The molecule has 1 aliphatic carbocycles. The Labute approximate surface area is 173 Å². The number of likely N-dealkylation sites (N-methyl/N-ethyl adjacent to an activating group) is 1. The smallest absolute Gasteiger partial charge is 0.259 e. The van der Waals surface area contributed by atoms with Crippen molar-refractivity contribution in [2.24, 2.45) is 0 Å². The standard InChI is InChI=1S/C24H30N2O3/c1-17(2)19-10-8-18(9-11-19)15-26(21-12-13-21)24(28)20-6-5-7-22(14-20)29-16-23(27)25(3)4/h5-11,14,17,21H,12-13,15-16H2,1-4H3. The number of rotatable bonds is 8. The first-order chi connectivity index (χ1) is 13.8. The molecular weight excluding hydrogens is 364 g/mol. The van der Waals surface area contributed by atoms with E-state index in [9.17, 15) is 9.59 Å². The van der Waals surface area contributed by atoms with Crippen LogP contribution in [-0.2, 0) is 11.3 Å². The topological polar surface area (TPSA) is 49.9 Å². The minimum Gasteiger partial charge on any atom is -0.484 e.